The zero-order chi connectivity index (χ0) is 34.6. The molecule has 0 radical (unpaired) electrons. The molecular formula is C45H74O3. The molecule has 4 aliphatic carbocycles. The second-order valence-corrected chi connectivity index (χ2v) is 17.3. The van der Waals surface area contributed by atoms with Crippen LogP contribution in [-0.2, 0) is 9.53 Å². The molecule has 0 spiro atoms. The van der Waals surface area contributed by atoms with E-state index in [9.17, 15) is 9.90 Å². The molecule has 4 aliphatic rings. The van der Waals surface area contributed by atoms with Crippen LogP contribution >= 0.6 is 0 Å². The molecule has 0 amide bonds. The van der Waals surface area contributed by atoms with Gasteiger partial charge >= 0.3 is 5.97 Å². The van der Waals surface area contributed by atoms with Crippen LogP contribution in [0.5, 0.6) is 0 Å². The predicted molar refractivity (Wildman–Crippen MR) is 204 cm³/mol. The van der Waals surface area contributed by atoms with E-state index in [4.69, 9.17) is 4.74 Å². The van der Waals surface area contributed by atoms with Crippen LogP contribution in [-0.4, -0.2) is 23.3 Å². The smallest absolute Gasteiger partial charge is 0.306 e. The van der Waals surface area contributed by atoms with Gasteiger partial charge < -0.3 is 9.84 Å². The number of aliphatic hydroxyl groups is 1. The number of unbranched alkanes of at least 4 members (excludes halogenated alkanes) is 5. The third-order valence-electron chi connectivity index (χ3n) is 13.7. The summed E-state index contributed by atoms with van der Waals surface area (Å²) in [7, 11) is 0. The van der Waals surface area contributed by atoms with Crippen LogP contribution < -0.4 is 0 Å². The topological polar surface area (TPSA) is 46.5 Å². The average Bonchev–Trinajstić information content (AvgIpc) is 3.40. The van der Waals surface area contributed by atoms with Gasteiger partial charge in [0, 0.05) is 18.3 Å². The van der Waals surface area contributed by atoms with Crippen molar-refractivity contribution in [1.29, 1.82) is 0 Å². The quantitative estimate of drug-likeness (QED) is 0.0850. The fraction of sp³-hybridized carbons (Fsp3) is 0.800. The van der Waals surface area contributed by atoms with Crippen molar-refractivity contribution in [3.8, 4) is 0 Å². The summed E-state index contributed by atoms with van der Waals surface area (Å²) in [5.74, 6) is 4.43. The minimum Gasteiger partial charge on any atom is -0.461 e. The predicted octanol–water partition coefficient (Wildman–Crippen LogP) is 12.5. The van der Waals surface area contributed by atoms with E-state index in [0.29, 0.717) is 30.1 Å². The van der Waals surface area contributed by atoms with E-state index in [2.05, 4.69) is 84.1 Å². The number of hydrogen-bond donors (Lipinski definition) is 1. The Labute approximate surface area is 296 Å². The first-order chi connectivity index (χ1) is 23.1. The van der Waals surface area contributed by atoms with Crippen molar-refractivity contribution < 1.29 is 14.6 Å². The van der Waals surface area contributed by atoms with Crippen molar-refractivity contribution in [2.24, 2.45) is 46.3 Å². The first kappa shape index (κ1) is 39.2. The van der Waals surface area contributed by atoms with E-state index in [0.717, 1.165) is 75.0 Å². The third-order valence-corrected chi connectivity index (χ3v) is 13.7. The highest BCUT2D eigenvalue weighted by molar-refractivity contribution is 5.69. The lowest BCUT2D eigenvalue weighted by Gasteiger charge is -2.60. The maximum atomic E-state index is 13.3. The highest BCUT2D eigenvalue weighted by atomic mass is 16.5. The molecular weight excluding hydrogens is 588 g/mol. The Bertz CT molecular complexity index is 1100. The largest absolute Gasteiger partial charge is 0.461 e. The van der Waals surface area contributed by atoms with Gasteiger partial charge in [-0.15, -0.1) is 0 Å². The maximum absolute atomic E-state index is 13.3. The molecule has 0 saturated heterocycles. The zero-order valence-electron chi connectivity index (χ0n) is 32.1. The van der Waals surface area contributed by atoms with E-state index >= 15 is 0 Å². The molecule has 0 aromatic heterocycles. The number of esters is 1. The number of ether oxygens (including phenoxy) is 1. The van der Waals surface area contributed by atoms with Crippen LogP contribution in [0.25, 0.3) is 0 Å². The van der Waals surface area contributed by atoms with E-state index in [1.165, 1.54) is 69.8 Å². The van der Waals surface area contributed by atoms with Crippen molar-refractivity contribution in [2.75, 3.05) is 0 Å². The van der Waals surface area contributed by atoms with Crippen LogP contribution in [0.4, 0.5) is 0 Å². The summed E-state index contributed by atoms with van der Waals surface area (Å²) in [5, 5.41) is 10.9. The molecule has 3 nitrogen and oxygen atoms in total. The molecule has 48 heavy (non-hydrogen) atoms. The van der Waals surface area contributed by atoms with Gasteiger partial charge in [-0.05, 0) is 118 Å². The normalized spacial score (nSPS) is 34.0. The second kappa shape index (κ2) is 19.1. The first-order valence-corrected chi connectivity index (χ1v) is 20.6. The summed E-state index contributed by atoms with van der Waals surface area (Å²) in [5.41, 5.74) is 1.70. The summed E-state index contributed by atoms with van der Waals surface area (Å²) >= 11 is 0. The molecule has 3 heteroatoms. The van der Waals surface area contributed by atoms with E-state index < -0.39 is 6.10 Å². The minimum atomic E-state index is -0.400. The van der Waals surface area contributed by atoms with E-state index in [1.807, 2.05) is 0 Å². The molecule has 0 bridgehead atoms. The van der Waals surface area contributed by atoms with Gasteiger partial charge in [-0.25, -0.2) is 0 Å². The first-order valence-electron chi connectivity index (χ1n) is 20.6. The number of allylic oxidation sites excluding steroid dienone is 7. The fourth-order valence-electron chi connectivity index (χ4n) is 11.0. The van der Waals surface area contributed by atoms with Gasteiger partial charge in [-0.3, -0.25) is 4.79 Å². The van der Waals surface area contributed by atoms with E-state index in [-0.39, 0.29) is 17.5 Å². The van der Waals surface area contributed by atoms with Gasteiger partial charge in [0.05, 0.1) is 6.10 Å². The van der Waals surface area contributed by atoms with Crippen molar-refractivity contribution in [2.45, 2.75) is 182 Å². The van der Waals surface area contributed by atoms with Crippen molar-refractivity contribution in [3.63, 3.8) is 0 Å². The van der Waals surface area contributed by atoms with Gasteiger partial charge in [-0.1, -0.05) is 128 Å². The number of fused-ring (bicyclic) bond motifs is 5. The van der Waals surface area contributed by atoms with Crippen molar-refractivity contribution >= 4 is 5.97 Å². The molecule has 1 N–H and O–H groups in total. The number of aliphatic hydroxyl groups excluding tert-OH is 1. The van der Waals surface area contributed by atoms with Crippen LogP contribution in [0.15, 0.2) is 48.1 Å². The molecule has 3 saturated carbocycles. The van der Waals surface area contributed by atoms with E-state index in [1.54, 1.807) is 0 Å². The van der Waals surface area contributed by atoms with Gasteiger partial charge in [0.25, 0.3) is 0 Å². The van der Waals surface area contributed by atoms with Crippen LogP contribution in [0.1, 0.15) is 170 Å². The molecule has 1 unspecified atom stereocenters. The lowest BCUT2D eigenvalue weighted by atomic mass is 9.46. The summed E-state index contributed by atoms with van der Waals surface area (Å²) in [6.07, 6.45) is 37.8. The van der Waals surface area contributed by atoms with Gasteiger partial charge in [0.1, 0.15) is 6.10 Å². The van der Waals surface area contributed by atoms with Gasteiger partial charge in [-0.2, -0.15) is 0 Å². The molecule has 0 aromatic rings. The molecule has 0 aromatic carbocycles. The third kappa shape index (κ3) is 10.0. The molecule has 9 atom stereocenters. The van der Waals surface area contributed by atoms with Gasteiger partial charge in [0.2, 0.25) is 0 Å². The monoisotopic (exact) mass is 663 g/mol. The summed E-state index contributed by atoms with van der Waals surface area (Å²) in [6.45, 7) is 14.5. The lowest BCUT2D eigenvalue weighted by molar-refractivity contribution is -0.169. The summed E-state index contributed by atoms with van der Waals surface area (Å²) in [4.78, 5) is 13.3. The SMILES string of the molecule is CC/C=C\C/C=C\C/C=C\CCCCCCCC(=O)OC1C[C@H](O)CC2=CC[C@H]3[C@@H]4CC[C@H]([C@H](C)CCCC(C)C)[C@@]4(C)CC[C@@H]3[C@]21C. The van der Waals surface area contributed by atoms with Crippen LogP contribution in [0, 0.1) is 46.3 Å². The lowest BCUT2D eigenvalue weighted by Crippen LogP contribution is -2.56. The molecule has 0 heterocycles. The Morgan fingerprint density at radius 3 is 2.35 bits per heavy atom. The Morgan fingerprint density at radius 1 is 0.896 bits per heavy atom. The molecule has 0 aliphatic heterocycles. The Morgan fingerprint density at radius 2 is 1.60 bits per heavy atom. The highest BCUT2D eigenvalue weighted by Gasteiger charge is 2.61. The number of carbonyl (C=O) groups is 1. The number of carbonyl (C=O) groups excluding carboxylic acids is 1. The highest BCUT2D eigenvalue weighted by Crippen LogP contribution is 2.67. The Kier molecular flexibility index (Phi) is 15.6. The molecule has 3 fully saturated rings. The van der Waals surface area contributed by atoms with Crippen LogP contribution in [0.3, 0.4) is 0 Å². The zero-order valence-corrected chi connectivity index (χ0v) is 32.1. The van der Waals surface area contributed by atoms with Crippen molar-refractivity contribution in [3.05, 3.63) is 48.1 Å². The molecule has 4 rings (SSSR count). The maximum Gasteiger partial charge on any atom is 0.306 e. The van der Waals surface area contributed by atoms with Gasteiger partial charge in [0.15, 0.2) is 0 Å². The Balaban J connectivity index is 1.23. The second-order valence-electron chi connectivity index (χ2n) is 17.3. The average molecular weight is 663 g/mol. The van der Waals surface area contributed by atoms with Crippen LogP contribution in [0.2, 0.25) is 0 Å². The summed E-state index contributed by atoms with van der Waals surface area (Å²) in [6, 6.07) is 0. The number of hydrogen-bond acceptors (Lipinski definition) is 3. The molecule has 272 valence electrons. The minimum absolute atomic E-state index is 0.0465. The Hall–Kier alpha value is -1.61. The van der Waals surface area contributed by atoms with Crippen molar-refractivity contribution in [1.82, 2.24) is 0 Å². The summed E-state index contributed by atoms with van der Waals surface area (Å²) < 4.78 is 6.40. The standard InChI is InChI=1S/C45H74O3/c1-7-8-9-10-11-12-13-14-15-16-17-18-19-20-21-25-43(47)48-42-33-37(46)32-36-26-27-38-40-29-28-39(35(4)24-22-23-34(2)3)44(40,5)31-30-41(38)45(36,42)6/h8-9,11-12,14-15,26,34-35,37-42,46H,7,10,13,16-25,27-33H2,1-6H3/b9-8-,12-11-,15-14-/t35-,37-,38+,39-,40+,41+,42?,44-,45+/m1/s1. The fourth-order valence-corrected chi connectivity index (χ4v) is 11.0. The number of rotatable bonds is 19.